The minimum Gasteiger partial charge on any atom is -0.444 e. The van der Waals surface area contributed by atoms with Crippen molar-refractivity contribution in [1.82, 2.24) is 10.3 Å². The second-order valence-corrected chi connectivity index (χ2v) is 3.19. The monoisotopic (exact) mass is 222 g/mol. The zero-order valence-corrected chi connectivity index (χ0v) is 8.40. The van der Waals surface area contributed by atoms with Gasteiger partial charge in [-0.25, -0.2) is 4.98 Å². The highest BCUT2D eigenvalue weighted by Gasteiger charge is 2.29. The van der Waals surface area contributed by atoms with E-state index in [1.807, 2.05) is 6.92 Å². The van der Waals surface area contributed by atoms with Crippen molar-refractivity contribution in [3.8, 4) is 0 Å². The van der Waals surface area contributed by atoms with Crippen LogP contribution in [0.4, 0.5) is 13.2 Å². The van der Waals surface area contributed by atoms with E-state index in [1.165, 1.54) is 0 Å². The molecule has 0 aliphatic heterocycles. The first kappa shape index (κ1) is 12.0. The van der Waals surface area contributed by atoms with Gasteiger partial charge in [0.25, 0.3) is 0 Å². The van der Waals surface area contributed by atoms with E-state index in [1.54, 1.807) is 0 Å². The Balaban J connectivity index is 2.42. The molecule has 1 aromatic rings. The smallest absolute Gasteiger partial charge is 0.396 e. The first-order chi connectivity index (χ1) is 7.01. The number of nitrogens with one attached hydrogen (secondary N) is 1. The van der Waals surface area contributed by atoms with E-state index in [4.69, 9.17) is 4.42 Å². The fraction of sp³-hybridized carbons (Fsp3) is 0.667. The Kier molecular flexibility index (Phi) is 4.14. The number of hydrogen-bond donors (Lipinski definition) is 1. The van der Waals surface area contributed by atoms with E-state index in [-0.39, 0.29) is 5.76 Å². The molecule has 1 heterocycles. The molecule has 15 heavy (non-hydrogen) atoms. The van der Waals surface area contributed by atoms with Crippen LogP contribution in [0.5, 0.6) is 0 Å². The van der Waals surface area contributed by atoms with E-state index < -0.39 is 12.6 Å². The third kappa shape index (κ3) is 4.83. The van der Waals surface area contributed by atoms with Gasteiger partial charge < -0.3 is 9.73 Å². The van der Waals surface area contributed by atoms with Gasteiger partial charge in [0.05, 0.1) is 12.7 Å². The lowest BCUT2D eigenvalue weighted by Gasteiger charge is -2.01. The molecule has 0 bridgehead atoms. The highest BCUT2D eigenvalue weighted by atomic mass is 19.4. The Labute approximate surface area is 85.7 Å². The molecule has 0 aliphatic carbocycles. The van der Waals surface area contributed by atoms with Crippen molar-refractivity contribution in [2.75, 3.05) is 6.54 Å². The van der Waals surface area contributed by atoms with Crippen LogP contribution in [-0.4, -0.2) is 17.7 Å². The molecule has 0 radical (unpaired) electrons. The average Bonchev–Trinajstić information content (AvgIpc) is 2.50. The quantitative estimate of drug-likeness (QED) is 0.777. The minimum atomic E-state index is -4.24. The molecule has 0 amide bonds. The summed E-state index contributed by atoms with van der Waals surface area (Å²) in [5, 5.41) is 2.99. The van der Waals surface area contributed by atoms with Gasteiger partial charge in [-0.3, -0.25) is 0 Å². The van der Waals surface area contributed by atoms with Crippen molar-refractivity contribution in [3.63, 3.8) is 0 Å². The summed E-state index contributed by atoms with van der Waals surface area (Å²) >= 11 is 0. The molecule has 0 aliphatic rings. The summed E-state index contributed by atoms with van der Waals surface area (Å²) in [6.45, 7) is 3.15. The van der Waals surface area contributed by atoms with Gasteiger partial charge in [0.15, 0.2) is 0 Å². The van der Waals surface area contributed by atoms with E-state index in [0.717, 1.165) is 19.2 Å². The summed E-state index contributed by atoms with van der Waals surface area (Å²) in [4.78, 5) is 3.74. The Bertz CT molecular complexity index is 296. The number of alkyl halides is 3. The number of hydrogen-bond acceptors (Lipinski definition) is 3. The zero-order valence-electron chi connectivity index (χ0n) is 8.40. The number of aromatic nitrogens is 1. The maximum absolute atomic E-state index is 12.0. The predicted molar refractivity (Wildman–Crippen MR) is 48.3 cm³/mol. The molecule has 3 nitrogen and oxygen atoms in total. The third-order valence-corrected chi connectivity index (χ3v) is 1.68. The number of oxazole rings is 1. The van der Waals surface area contributed by atoms with Gasteiger partial charge in [-0.15, -0.1) is 0 Å². The first-order valence-corrected chi connectivity index (χ1v) is 4.72. The van der Waals surface area contributed by atoms with Crippen LogP contribution < -0.4 is 5.32 Å². The molecule has 6 heteroatoms. The highest BCUT2D eigenvalue weighted by molar-refractivity contribution is 4.95. The van der Waals surface area contributed by atoms with Crippen LogP contribution in [0.15, 0.2) is 10.6 Å². The SMILES string of the molecule is CCCNCc1ncc(CC(F)(F)F)o1. The van der Waals surface area contributed by atoms with Crippen LogP contribution in [0.25, 0.3) is 0 Å². The van der Waals surface area contributed by atoms with Gasteiger partial charge in [0.2, 0.25) is 5.89 Å². The topological polar surface area (TPSA) is 38.1 Å². The van der Waals surface area contributed by atoms with Gasteiger partial charge in [0, 0.05) is 0 Å². The second kappa shape index (κ2) is 5.16. The van der Waals surface area contributed by atoms with Gasteiger partial charge in [0.1, 0.15) is 12.2 Å². The molecule has 1 aromatic heterocycles. The summed E-state index contributed by atoms with van der Waals surface area (Å²) in [5.41, 5.74) is 0. The van der Waals surface area contributed by atoms with Crippen LogP contribution in [-0.2, 0) is 13.0 Å². The van der Waals surface area contributed by atoms with E-state index in [0.29, 0.717) is 12.4 Å². The lowest BCUT2D eigenvalue weighted by Crippen LogP contribution is -2.14. The summed E-state index contributed by atoms with van der Waals surface area (Å²) in [7, 11) is 0. The molecule has 0 saturated heterocycles. The molecule has 0 atom stereocenters. The minimum absolute atomic E-state index is 0.143. The number of halogens is 3. The van der Waals surface area contributed by atoms with Crippen LogP contribution in [0.3, 0.4) is 0 Å². The maximum atomic E-state index is 12.0. The van der Waals surface area contributed by atoms with E-state index >= 15 is 0 Å². The number of nitrogens with zero attached hydrogens (tertiary/aromatic N) is 1. The van der Waals surface area contributed by atoms with E-state index in [9.17, 15) is 13.2 Å². The molecular weight excluding hydrogens is 209 g/mol. The molecule has 1 rings (SSSR count). The molecule has 0 spiro atoms. The lowest BCUT2D eigenvalue weighted by molar-refractivity contribution is -0.130. The van der Waals surface area contributed by atoms with Crippen molar-refractivity contribution in [3.05, 3.63) is 17.8 Å². The van der Waals surface area contributed by atoms with Gasteiger partial charge in [-0.05, 0) is 13.0 Å². The van der Waals surface area contributed by atoms with Crippen molar-refractivity contribution in [2.24, 2.45) is 0 Å². The van der Waals surface area contributed by atoms with E-state index in [2.05, 4.69) is 10.3 Å². The molecule has 0 fully saturated rings. The number of rotatable bonds is 5. The highest BCUT2D eigenvalue weighted by Crippen LogP contribution is 2.21. The van der Waals surface area contributed by atoms with Crippen molar-refractivity contribution in [2.45, 2.75) is 32.5 Å². The first-order valence-electron chi connectivity index (χ1n) is 4.72. The Morgan fingerprint density at radius 1 is 1.47 bits per heavy atom. The largest absolute Gasteiger partial charge is 0.444 e. The van der Waals surface area contributed by atoms with Crippen molar-refractivity contribution in [1.29, 1.82) is 0 Å². The molecule has 86 valence electrons. The molecule has 0 aromatic carbocycles. The van der Waals surface area contributed by atoms with Crippen LogP contribution >= 0.6 is 0 Å². The molecule has 0 saturated carbocycles. The second-order valence-electron chi connectivity index (χ2n) is 3.19. The standard InChI is InChI=1S/C9H13F3N2O/c1-2-3-13-6-8-14-5-7(15-8)4-9(10,11)12/h5,13H,2-4,6H2,1H3. The van der Waals surface area contributed by atoms with Crippen LogP contribution in [0, 0.1) is 0 Å². The molecule has 0 unspecified atom stereocenters. The van der Waals surface area contributed by atoms with Crippen LogP contribution in [0.1, 0.15) is 25.0 Å². The predicted octanol–water partition coefficient (Wildman–Crippen LogP) is 2.28. The van der Waals surface area contributed by atoms with Crippen molar-refractivity contribution < 1.29 is 17.6 Å². The van der Waals surface area contributed by atoms with Crippen LogP contribution in [0.2, 0.25) is 0 Å². The summed E-state index contributed by atoms with van der Waals surface area (Å²) in [6, 6.07) is 0. The Morgan fingerprint density at radius 3 is 2.80 bits per heavy atom. The van der Waals surface area contributed by atoms with Gasteiger partial charge >= 0.3 is 6.18 Å². The van der Waals surface area contributed by atoms with Gasteiger partial charge in [-0.1, -0.05) is 6.92 Å². The zero-order chi connectivity index (χ0) is 11.3. The van der Waals surface area contributed by atoms with Gasteiger partial charge in [-0.2, -0.15) is 13.2 Å². The summed E-state index contributed by atoms with van der Waals surface area (Å²) < 4.78 is 40.8. The summed E-state index contributed by atoms with van der Waals surface area (Å²) in [5.74, 6) is 0.151. The van der Waals surface area contributed by atoms with Crippen molar-refractivity contribution >= 4 is 0 Å². The normalized spacial score (nSPS) is 12.0. The molecular formula is C9H13F3N2O. The average molecular weight is 222 g/mol. The Morgan fingerprint density at radius 2 is 2.20 bits per heavy atom. The fourth-order valence-corrected chi connectivity index (χ4v) is 1.08. The maximum Gasteiger partial charge on any atom is 0.396 e. The fourth-order valence-electron chi connectivity index (χ4n) is 1.08. The molecule has 1 N–H and O–H groups in total. The summed E-state index contributed by atoms with van der Waals surface area (Å²) in [6.07, 6.45) is -3.23. The third-order valence-electron chi connectivity index (χ3n) is 1.68. The lowest BCUT2D eigenvalue weighted by atomic mass is 10.3. The Hall–Kier alpha value is -1.04.